The fraction of sp³-hybridized carbons (Fsp3) is 0.276. The van der Waals surface area contributed by atoms with Gasteiger partial charge in [0.1, 0.15) is 0 Å². The Hall–Kier alpha value is -3.33. The van der Waals surface area contributed by atoms with Crippen LogP contribution >= 0.6 is 0 Å². The molecule has 1 amide bonds. The third kappa shape index (κ3) is 3.15. The van der Waals surface area contributed by atoms with Crippen LogP contribution < -0.4 is 0 Å². The van der Waals surface area contributed by atoms with Crippen LogP contribution in [0.15, 0.2) is 84.9 Å². The van der Waals surface area contributed by atoms with Crippen molar-refractivity contribution in [2.75, 3.05) is 0 Å². The first-order valence-corrected chi connectivity index (χ1v) is 11.8. The number of aromatic nitrogens is 1. The molecule has 0 bridgehead atoms. The zero-order valence-electron chi connectivity index (χ0n) is 18.2. The maximum Gasteiger partial charge on any atom is 0.226 e. The summed E-state index contributed by atoms with van der Waals surface area (Å²) in [5.74, 6) is 0.865. The molecule has 3 atom stereocenters. The van der Waals surface area contributed by atoms with Crippen LogP contribution in [0.5, 0.6) is 0 Å². The van der Waals surface area contributed by atoms with Crippen molar-refractivity contribution in [2.24, 2.45) is 11.8 Å². The molecule has 1 saturated carbocycles. The highest BCUT2D eigenvalue weighted by Gasteiger charge is 2.50. The van der Waals surface area contributed by atoms with Gasteiger partial charge in [-0.25, -0.2) is 0 Å². The number of fused-ring (bicyclic) bond motifs is 2. The topological polar surface area (TPSA) is 36.1 Å². The van der Waals surface area contributed by atoms with Crippen molar-refractivity contribution in [3.05, 3.63) is 96.1 Å². The van der Waals surface area contributed by atoms with Crippen LogP contribution in [0.25, 0.3) is 22.2 Å². The molecule has 160 valence electrons. The number of carbonyl (C=O) groups is 1. The number of hydrogen-bond acceptors (Lipinski definition) is 1. The Bertz CT molecular complexity index is 1240. The summed E-state index contributed by atoms with van der Waals surface area (Å²) in [6.07, 6.45) is 4.53. The number of aromatic amines is 1. The largest absolute Gasteiger partial charge is 0.354 e. The smallest absolute Gasteiger partial charge is 0.226 e. The van der Waals surface area contributed by atoms with Gasteiger partial charge in [0.05, 0.1) is 11.7 Å². The van der Waals surface area contributed by atoms with E-state index in [1.54, 1.807) is 0 Å². The number of hydrogen-bond donors (Lipinski definition) is 1. The third-order valence-electron chi connectivity index (χ3n) is 7.46. The van der Waals surface area contributed by atoms with Gasteiger partial charge < -0.3 is 9.88 Å². The van der Waals surface area contributed by atoms with Gasteiger partial charge in [0, 0.05) is 28.9 Å². The first-order valence-electron chi connectivity index (χ1n) is 11.8. The quantitative estimate of drug-likeness (QED) is 0.391. The molecule has 0 spiro atoms. The van der Waals surface area contributed by atoms with Crippen molar-refractivity contribution in [3.8, 4) is 11.3 Å². The van der Waals surface area contributed by atoms with Crippen LogP contribution in [-0.2, 0) is 11.3 Å². The van der Waals surface area contributed by atoms with Gasteiger partial charge in [0.2, 0.25) is 5.91 Å². The molecule has 3 aromatic carbocycles. The summed E-state index contributed by atoms with van der Waals surface area (Å²) in [5.41, 5.74) is 5.99. The Morgan fingerprint density at radius 3 is 2.31 bits per heavy atom. The first kappa shape index (κ1) is 19.4. The minimum atomic E-state index is 0.0966. The molecule has 0 radical (unpaired) electrons. The van der Waals surface area contributed by atoms with Gasteiger partial charge in [0.15, 0.2) is 0 Å². The van der Waals surface area contributed by atoms with Crippen LogP contribution in [0, 0.1) is 11.8 Å². The lowest BCUT2D eigenvalue weighted by Gasteiger charge is -2.31. The Labute approximate surface area is 189 Å². The highest BCUT2D eigenvalue weighted by atomic mass is 16.2. The number of nitrogens with one attached hydrogen (secondary N) is 1. The summed E-state index contributed by atoms with van der Waals surface area (Å²) < 4.78 is 0. The van der Waals surface area contributed by atoms with Crippen molar-refractivity contribution in [1.29, 1.82) is 0 Å². The molecular weight excluding hydrogens is 392 g/mol. The normalized spacial score (nSPS) is 22.9. The van der Waals surface area contributed by atoms with Gasteiger partial charge in [-0.15, -0.1) is 0 Å². The summed E-state index contributed by atoms with van der Waals surface area (Å²) >= 11 is 0. The fourth-order valence-corrected chi connectivity index (χ4v) is 6.05. The number of para-hydroxylation sites is 1. The second-order valence-electron chi connectivity index (χ2n) is 9.28. The minimum Gasteiger partial charge on any atom is -0.354 e. The maximum atomic E-state index is 13.7. The summed E-state index contributed by atoms with van der Waals surface area (Å²) in [6, 6.07) is 29.7. The highest BCUT2D eigenvalue weighted by molar-refractivity contribution is 5.93. The minimum absolute atomic E-state index is 0.0966. The molecule has 0 unspecified atom stereocenters. The summed E-state index contributed by atoms with van der Waals surface area (Å²) in [6.45, 7) is 0.672. The van der Waals surface area contributed by atoms with E-state index in [1.807, 2.05) is 6.07 Å². The zero-order valence-corrected chi connectivity index (χ0v) is 18.2. The number of nitrogens with zero attached hydrogens (tertiary/aromatic N) is 1. The predicted octanol–water partition coefficient (Wildman–Crippen LogP) is 6.72. The molecule has 6 rings (SSSR count). The van der Waals surface area contributed by atoms with E-state index in [0.29, 0.717) is 18.4 Å². The molecule has 2 aliphatic rings. The highest BCUT2D eigenvalue weighted by Crippen LogP contribution is 2.52. The average molecular weight is 421 g/mol. The molecule has 1 aromatic heterocycles. The molecule has 1 saturated heterocycles. The summed E-state index contributed by atoms with van der Waals surface area (Å²) in [7, 11) is 0. The molecule has 1 N–H and O–H groups in total. The molecular formula is C29H28N2O. The lowest BCUT2D eigenvalue weighted by atomic mass is 9.76. The van der Waals surface area contributed by atoms with E-state index < -0.39 is 0 Å². The first-order chi connectivity index (χ1) is 15.8. The van der Waals surface area contributed by atoms with Crippen molar-refractivity contribution < 1.29 is 4.79 Å². The van der Waals surface area contributed by atoms with E-state index in [1.165, 1.54) is 28.5 Å². The Morgan fingerprint density at radius 2 is 1.50 bits per heavy atom. The van der Waals surface area contributed by atoms with Gasteiger partial charge >= 0.3 is 0 Å². The van der Waals surface area contributed by atoms with Crippen LogP contribution in [0.2, 0.25) is 0 Å². The van der Waals surface area contributed by atoms with E-state index in [9.17, 15) is 4.79 Å². The Balaban J connectivity index is 1.55. The second kappa shape index (κ2) is 7.98. The Morgan fingerprint density at radius 1 is 0.812 bits per heavy atom. The predicted molar refractivity (Wildman–Crippen MR) is 129 cm³/mol. The molecule has 3 nitrogen and oxygen atoms in total. The van der Waals surface area contributed by atoms with E-state index in [4.69, 9.17) is 0 Å². The number of benzene rings is 3. The van der Waals surface area contributed by atoms with E-state index in [-0.39, 0.29) is 12.0 Å². The van der Waals surface area contributed by atoms with Gasteiger partial charge in [-0.3, -0.25) is 4.79 Å². The summed E-state index contributed by atoms with van der Waals surface area (Å²) in [4.78, 5) is 19.7. The van der Waals surface area contributed by atoms with Crippen molar-refractivity contribution in [3.63, 3.8) is 0 Å². The van der Waals surface area contributed by atoms with Crippen LogP contribution in [-0.4, -0.2) is 15.8 Å². The second-order valence-corrected chi connectivity index (χ2v) is 9.28. The zero-order chi connectivity index (χ0) is 21.5. The monoisotopic (exact) mass is 420 g/mol. The molecule has 32 heavy (non-hydrogen) atoms. The third-order valence-corrected chi connectivity index (χ3v) is 7.46. The molecule has 2 heterocycles. The van der Waals surface area contributed by atoms with Crippen LogP contribution in [0.4, 0.5) is 0 Å². The number of H-pyrrole nitrogens is 1. The molecule has 1 aliphatic carbocycles. The van der Waals surface area contributed by atoms with E-state index in [2.05, 4.69) is 88.7 Å². The van der Waals surface area contributed by atoms with Gasteiger partial charge in [0.25, 0.3) is 0 Å². The van der Waals surface area contributed by atoms with Crippen molar-refractivity contribution >= 4 is 16.8 Å². The molecule has 3 heteroatoms. The lowest BCUT2D eigenvalue weighted by molar-refractivity contribution is -0.133. The number of carbonyl (C=O) groups excluding carboxylic acids is 1. The van der Waals surface area contributed by atoms with Gasteiger partial charge in [-0.05, 0) is 36.0 Å². The van der Waals surface area contributed by atoms with Crippen LogP contribution in [0.1, 0.15) is 42.9 Å². The Kier molecular flexibility index (Phi) is 4.83. The van der Waals surface area contributed by atoms with E-state index >= 15 is 0 Å². The SMILES string of the molecule is O=C1[C@@H]2CCCC[C@H]2[C@@H](c2c(-c3ccccc3)[nH]c3ccccc23)N1Cc1ccccc1. The fourth-order valence-electron chi connectivity index (χ4n) is 6.05. The number of rotatable bonds is 4. The number of amides is 1. The van der Waals surface area contributed by atoms with E-state index in [0.717, 1.165) is 30.5 Å². The lowest BCUT2D eigenvalue weighted by Crippen LogP contribution is -2.29. The average Bonchev–Trinajstić information content (AvgIpc) is 3.36. The maximum absolute atomic E-state index is 13.7. The number of likely N-dealkylation sites (tertiary alicyclic amines) is 1. The standard InChI is InChI=1S/C29H28N2O/c32-29-23-16-8-7-15-22(23)28(31(29)19-20-11-3-1-4-12-20)26-24-17-9-10-18-25(24)30-27(26)21-13-5-2-6-14-21/h1-6,9-14,17-18,22-23,28,30H,7-8,15-16,19H2/t22-,23-,28+/m1/s1. The van der Waals surface area contributed by atoms with Crippen LogP contribution in [0.3, 0.4) is 0 Å². The molecule has 2 fully saturated rings. The van der Waals surface area contributed by atoms with Gasteiger partial charge in [-0.1, -0.05) is 91.7 Å². The van der Waals surface area contributed by atoms with Crippen molar-refractivity contribution in [1.82, 2.24) is 9.88 Å². The van der Waals surface area contributed by atoms with Gasteiger partial charge in [-0.2, -0.15) is 0 Å². The molecule has 4 aromatic rings. The van der Waals surface area contributed by atoms with Crippen molar-refractivity contribution in [2.45, 2.75) is 38.3 Å². The molecule has 1 aliphatic heterocycles. The summed E-state index contributed by atoms with van der Waals surface area (Å²) in [5, 5.41) is 1.24.